The molecule has 0 saturated heterocycles. The molecule has 1 amide bonds. The third kappa shape index (κ3) is 6.46. The van der Waals surface area contributed by atoms with Crippen LogP contribution in [0.1, 0.15) is 55.1 Å². The number of nitro groups is 1. The van der Waals surface area contributed by atoms with Crippen LogP contribution < -0.4 is 10.2 Å². The summed E-state index contributed by atoms with van der Waals surface area (Å²) in [5.41, 5.74) is 1.49. The van der Waals surface area contributed by atoms with Crippen molar-refractivity contribution < 1.29 is 14.6 Å². The number of quaternary nitrogens is 1. The van der Waals surface area contributed by atoms with Gasteiger partial charge in [0.25, 0.3) is 11.6 Å². The highest BCUT2D eigenvalue weighted by Gasteiger charge is 2.17. The highest BCUT2D eigenvalue weighted by atomic mass is 16.6. The number of rotatable bonds is 11. The van der Waals surface area contributed by atoms with Crippen molar-refractivity contribution >= 4 is 11.6 Å². The van der Waals surface area contributed by atoms with E-state index in [1.165, 1.54) is 24.3 Å². The molecule has 0 aromatic heterocycles. The van der Waals surface area contributed by atoms with Crippen LogP contribution >= 0.6 is 0 Å². The lowest BCUT2D eigenvalue weighted by molar-refractivity contribution is -0.896. The summed E-state index contributed by atoms with van der Waals surface area (Å²) in [5.74, 6) is -0.210. The van der Waals surface area contributed by atoms with Crippen LogP contribution in [0.3, 0.4) is 0 Å². The van der Waals surface area contributed by atoms with Gasteiger partial charge in [-0.25, -0.2) is 0 Å². The number of unbranched alkanes of at least 4 members (excludes halogenated alkanes) is 1. The Morgan fingerprint density at radius 2 is 1.68 bits per heavy atom. The van der Waals surface area contributed by atoms with Gasteiger partial charge in [0.2, 0.25) is 0 Å². The molecule has 1 atom stereocenters. The van der Waals surface area contributed by atoms with Crippen molar-refractivity contribution in [1.29, 1.82) is 0 Å². The van der Waals surface area contributed by atoms with Crippen molar-refractivity contribution in [2.45, 2.75) is 39.2 Å². The smallest absolute Gasteiger partial charge is 0.269 e. The molecule has 2 aromatic carbocycles. The van der Waals surface area contributed by atoms with Crippen molar-refractivity contribution in [3.05, 3.63) is 75.8 Å². The first kappa shape index (κ1) is 21.6. The van der Waals surface area contributed by atoms with Crippen molar-refractivity contribution in [2.24, 2.45) is 0 Å². The summed E-state index contributed by atoms with van der Waals surface area (Å²) in [6, 6.07) is 15.6. The van der Waals surface area contributed by atoms with Gasteiger partial charge in [-0.15, -0.1) is 0 Å². The molecule has 2 aromatic rings. The molecule has 0 spiro atoms. The van der Waals surface area contributed by atoms with Crippen LogP contribution in [0.15, 0.2) is 54.6 Å². The van der Waals surface area contributed by atoms with Gasteiger partial charge in [-0.05, 0) is 50.8 Å². The van der Waals surface area contributed by atoms with Gasteiger partial charge in [0.05, 0.1) is 30.6 Å². The van der Waals surface area contributed by atoms with Crippen molar-refractivity contribution in [1.82, 2.24) is 5.32 Å². The topological polar surface area (TPSA) is 76.7 Å². The minimum atomic E-state index is -0.466. The second-order valence-corrected chi connectivity index (χ2v) is 6.94. The van der Waals surface area contributed by atoms with Crippen LogP contribution in [0.4, 0.5) is 5.69 Å². The molecule has 0 aliphatic carbocycles. The number of nitrogens with zero attached hydrogens (tertiary/aromatic N) is 1. The van der Waals surface area contributed by atoms with E-state index >= 15 is 0 Å². The lowest BCUT2D eigenvalue weighted by atomic mass is 10.00. The van der Waals surface area contributed by atoms with Gasteiger partial charge in [-0.2, -0.15) is 0 Å². The van der Waals surface area contributed by atoms with E-state index in [4.69, 9.17) is 0 Å². The van der Waals surface area contributed by atoms with Gasteiger partial charge < -0.3 is 10.2 Å². The molecule has 150 valence electrons. The minimum absolute atomic E-state index is 0.0185. The lowest BCUT2D eigenvalue weighted by Gasteiger charge is -2.20. The van der Waals surface area contributed by atoms with Crippen molar-refractivity contribution in [2.75, 3.05) is 19.6 Å². The summed E-state index contributed by atoms with van der Waals surface area (Å²) < 4.78 is 0. The Labute approximate surface area is 166 Å². The molecular formula is C22H30N3O3+. The van der Waals surface area contributed by atoms with Crippen LogP contribution in [0.25, 0.3) is 0 Å². The highest BCUT2D eigenvalue weighted by Crippen LogP contribution is 2.20. The molecule has 0 fully saturated rings. The maximum atomic E-state index is 12.7. The molecule has 0 heterocycles. The summed E-state index contributed by atoms with van der Waals surface area (Å²) >= 11 is 0. The van der Waals surface area contributed by atoms with Gasteiger partial charge >= 0.3 is 0 Å². The molecule has 2 rings (SSSR count). The quantitative estimate of drug-likeness (QED) is 0.355. The largest absolute Gasteiger partial charge is 0.345 e. The monoisotopic (exact) mass is 384 g/mol. The summed E-state index contributed by atoms with van der Waals surface area (Å²) in [7, 11) is 0. The predicted molar refractivity (Wildman–Crippen MR) is 111 cm³/mol. The fraction of sp³-hybridized carbons (Fsp3) is 0.409. The molecule has 0 unspecified atom stereocenters. The lowest BCUT2D eigenvalue weighted by Crippen LogP contribution is -3.11. The first-order valence-corrected chi connectivity index (χ1v) is 9.99. The molecule has 0 radical (unpaired) electrons. The Morgan fingerprint density at radius 1 is 1.04 bits per heavy atom. The molecular weight excluding hydrogens is 354 g/mol. The van der Waals surface area contributed by atoms with Crippen LogP contribution in [0.5, 0.6) is 0 Å². The second kappa shape index (κ2) is 11.2. The summed E-state index contributed by atoms with van der Waals surface area (Å²) in [6.07, 6.45) is 3.01. The first-order valence-electron chi connectivity index (χ1n) is 9.99. The molecule has 0 bridgehead atoms. The fourth-order valence-corrected chi connectivity index (χ4v) is 3.31. The van der Waals surface area contributed by atoms with Gasteiger partial charge in [-0.3, -0.25) is 14.9 Å². The number of nitro benzene ring substituents is 1. The highest BCUT2D eigenvalue weighted by molar-refractivity contribution is 5.94. The Morgan fingerprint density at radius 3 is 2.25 bits per heavy atom. The van der Waals surface area contributed by atoms with E-state index in [0.717, 1.165) is 44.5 Å². The van der Waals surface area contributed by atoms with E-state index < -0.39 is 4.92 Å². The summed E-state index contributed by atoms with van der Waals surface area (Å²) in [6.45, 7) is 7.82. The molecule has 0 aliphatic heterocycles. The van der Waals surface area contributed by atoms with Crippen LogP contribution in [-0.2, 0) is 0 Å². The SMILES string of the molecule is CC[NH+](CC)CCCC[C@@H](NC(=O)c1ccc([N+](=O)[O-])cc1)c1ccccc1. The minimum Gasteiger partial charge on any atom is -0.345 e. The molecule has 2 N–H and O–H groups in total. The van der Waals surface area contributed by atoms with Crippen LogP contribution in [0.2, 0.25) is 0 Å². The van der Waals surface area contributed by atoms with Gasteiger partial charge in [0.15, 0.2) is 0 Å². The number of amides is 1. The molecule has 0 saturated carbocycles. The molecule has 6 nitrogen and oxygen atoms in total. The maximum Gasteiger partial charge on any atom is 0.269 e. The van der Waals surface area contributed by atoms with E-state index in [-0.39, 0.29) is 17.6 Å². The van der Waals surface area contributed by atoms with E-state index in [9.17, 15) is 14.9 Å². The average molecular weight is 385 g/mol. The zero-order valence-corrected chi connectivity index (χ0v) is 16.7. The number of carbonyl (C=O) groups excluding carboxylic acids is 1. The Kier molecular flexibility index (Phi) is 8.62. The van der Waals surface area contributed by atoms with Gasteiger partial charge in [0.1, 0.15) is 0 Å². The predicted octanol–water partition coefficient (Wildman–Crippen LogP) is 3.16. The van der Waals surface area contributed by atoms with E-state index in [2.05, 4.69) is 19.2 Å². The fourth-order valence-electron chi connectivity index (χ4n) is 3.31. The van der Waals surface area contributed by atoms with E-state index in [0.29, 0.717) is 5.56 Å². The number of non-ortho nitro benzene ring substituents is 1. The van der Waals surface area contributed by atoms with Gasteiger partial charge in [-0.1, -0.05) is 30.3 Å². The first-order chi connectivity index (χ1) is 13.5. The number of hydrogen-bond acceptors (Lipinski definition) is 3. The standard InChI is InChI=1S/C22H29N3O3/c1-3-24(4-2)17-9-8-12-21(18-10-6-5-7-11-18)23-22(26)19-13-15-20(16-14-19)25(27)28/h5-7,10-11,13-16,21H,3-4,8-9,12,17H2,1-2H3,(H,23,26)/p+1/t21-/m1/s1. The Balaban J connectivity index is 2.01. The van der Waals surface area contributed by atoms with Gasteiger partial charge in [0, 0.05) is 17.7 Å². The summed E-state index contributed by atoms with van der Waals surface area (Å²) in [4.78, 5) is 24.6. The number of benzene rings is 2. The van der Waals surface area contributed by atoms with Crippen molar-refractivity contribution in [3.63, 3.8) is 0 Å². The van der Waals surface area contributed by atoms with E-state index in [1.807, 2.05) is 30.3 Å². The summed E-state index contributed by atoms with van der Waals surface area (Å²) in [5, 5.41) is 13.9. The van der Waals surface area contributed by atoms with E-state index in [1.54, 1.807) is 4.90 Å². The normalized spacial score (nSPS) is 12.0. The zero-order chi connectivity index (χ0) is 20.4. The number of carbonyl (C=O) groups is 1. The van der Waals surface area contributed by atoms with Crippen LogP contribution in [-0.4, -0.2) is 30.5 Å². The number of hydrogen-bond donors (Lipinski definition) is 2. The molecule has 28 heavy (non-hydrogen) atoms. The average Bonchev–Trinajstić information content (AvgIpc) is 2.73. The third-order valence-electron chi connectivity index (χ3n) is 5.12. The number of nitrogens with one attached hydrogen (secondary N) is 2. The zero-order valence-electron chi connectivity index (χ0n) is 16.7. The third-order valence-corrected chi connectivity index (χ3v) is 5.12. The molecule has 0 aliphatic rings. The Hall–Kier alpha value is -2.73. The maximum absolute atomic E-state index is 12.7. The van der Waals surface area contributed by atoms with Crippen molar-refractivity contribution in [3.8, 4) is 0 Å². The van der Waals surface area contributed by atoms with Crippen LogP contribution in [0, 0.1) is 10.1 Å². The Bertz CT molecular complexity index is 743. The molecule has 6 heteroatoms. The second-order valence-electron chi connectivity index (χ2n) is 6.94.